The Balaban J connectivity index is 1.83. The average Bonchev–Trinajstić information content (AvgIpc) is 3.25. The van der Waals surface area contributed by atoms with E-state index >= 15 is 0 Å². The highest BCUT2D eigenvalue weighted by Gasteiger charge is 2.39. The van der Waals surface area contributed by atoms with Gasteiger partial charge >= 0.3 is 6.18 Å². The van der Waals surface area contributed by atoms with E-state index < -0.39 is 12.7 Å². The van der Waals surface area contributed by atoms with Gasteiger partial charge in [0.2, 0.25) is 0 Å². The van der Waals surface area contributed by atoms with Crippen LogP contribution in [0.4, 0.5) is 18.9 Å². The number of pyridine rings is 1. The summed E-state index contributed by atoms with van der Waals surface area (Å²) in [6, 6.07) is 2.33. The van der Waals surface area contributed by atoms with E-state index in [1.165, 1.54) is 4.90 Å². The molecule has 0 spiro atoms. The number of hydrogen-bond acceptors (Lipinski definition) is 3. The summed E-state index contributed by atoms with van der Waals surface area (Å²) in [4.78, 5) is 5.76. The van der Waals surface area contributed by atoms with Gasteiger partial charge in [0, 0.05) is 41.8 Å². The number of alkyl halides is 3. The number of aromatic nitrogens is 1. The fourth-order valence-electron chi connectivity index (χ4n) is 2.51. The molecular weight excluding hydrogens is 279 g/mol. The highest BCUT2D eigenvalue weighted by molar-refractivity contribution is 5.55. The van der Waals surface area contributed by atoms with Gasteiger partial charge in [0.25, 0.3) is 0 Å². The van der Waals surface area contributed by atoms with E-state index in [1.54, 1.807) is 12.3 Å². The minimum atomic E-state index is -4.18. The van der Waals surface area contributed by atoms with E-state index in [-0.39, 0.29) is 6.04 Å². The molecule has 3 nitrogen and oxygen atoms in total. The Morgan fingerprint density at radius 2 is 2.00 bits per heavy atom. The van der Waals surface area contributed by atoms with Crippen molar-refractivity contribution in [2.75, 3.05) is 11.4 Å². The van der Waals surface area contributed by atoms with Crippen LogP contribution in [0, 0.1) is 6.92 Å². The Bertz CT molecular complexity index is 507. The fraction of sp³-hybridized carbons (Fsp3) is 0.667. The van der Waals surface area contributed by atoms with Crippen molar-refractivity contribution in [3.8, 4) is 0 Å². The Morgan fingerprint density at radius 3 is 2.57 bits per heavy atom. The number of rotatable bonds is 6. The predicted molar refractivity (Wildman–Crippen MR) is 75.3 cm³/mol. The molecule has 2 saturated carbocycles. The van der Waals surface area contributed by atoms with Gasteiger partial charge in [-0.1, -0.05) is 0 Å². The van der Waals surface area contributed by atoms with E-state index in [4.69, 9.17) is 0 Å². The third-order valence-corrected chi connectivity index (χ3v) is 3.90. The number of nitrogens with zero attached hydrogens (tertiary/aromatic N) is 2. The second-order valence-electron chi connectivity index (χ2n) is 6.08. The molecule has 2 aliphatic carbocycles. The summed E-state index contributed by atoms with van der Waals surface area (Å²) < 4.78 is 38.6. The molecule has 0 aromatic carbocycles. The lowest BCUT2D eigenvalue weighted by molar-refractivity contribution is -0.120. The van der Waals surface area contributed by atoms with Crippen molar-refractivity contribution in [3.05, 3.63) is 23.5 Å². The highest BCUT2D eigenvalue weighted by Crippen LogP contribution is 2.36. The SMILES string of the molecule is Cc1cc(N(CC(F)(F)F)C2CC2)c(CNC2CC2)cn1. The van der Waals surface area contributed by atoms with Gasteiger partial charge in [0.05, 0.1) is 0 Å². The Hall–Kier alpha value is -1.30. The first-order chi connectivity index (χ1) is 9.92. The van der Waals surface area contributed by atoms with Crippen LogP contribution in [-0.2, 0) is 6.54 Å². The van der Waals surface area contributed by atoms with E-state index in [9.17, 15) is 13.2 Å². The first kappa shape index (κ1) is 14.6. The van der Waals surface area contributed by atoms with Gasteiger partial charge in [-0.2, -0.15) is 13.2 Å². The van der Waals surface area contributed by atoms with Crippen molar-refractivity contribution in [1.29, 1.82) is 0 Å². The van der Waals surface area contributed by atoms with Crippen molar-refractivity contribution in [2.24, 2.45) is 0 Å². The predicted octanol–water partition coefficient (Wildman–Crippen LogP) is 3.17. The molecule has 2 fully saturated rings. The largest absolute Gasteiger partial charge is 0.405 e. The van der Waals surface area contributed by atoms with E-state index in [1.807, 2.05) is 6.92 Å². The van der Waals surface area contributed by atoms with Crippen molar-refractivity contribution in [2.45, 2.75) is 57.4 Å². The van der Waals surface area contributed by atoms with Crippen LogP contribution in [0.1, 0.15) is 36.9 Å². The molecule has 21 heavy (non-hydrogen) atoms. The number of hydrogen-bond donors (Lipinski definition) is 1. The quantitative estimate of drug-likeness (QED) is 0.874. The second-order valence-corrected chi connectivity index (χ2v) is 6.08. The molecule has 1 heterocycles. The number of anilines is 1. The smallest absolute Gasteiger partial charge is 0.359 e. The maximum atomic E-state index is 12.9. The van der Waals surface area contributed by atoms with Crippen molar-refractivity contribution in [3.63, 3.8) is 0 Å². The summed E-state index contributed by atoms with van der Waals surface area (Å²) in [5.41, 5.74) is 2.31. The lowest BCUT2D eigenvalue weighted by atomic mass is 10.1. The monoisotopic (exact) mass is 299 g/mol. The van der Waals surface area contributed by atoms with Gasteiger partial charge in [-0.05, 0) is 38.7 Å². The molecule has 0 bridgehead atoms. The maximum absolute atomic E-state index is 12.9. The summed E-state index contributed by atoms with van der Waals surface area (Å²) in [5.74, 6) is 0. The normalized spacial score (nSPS) is 18.9. The number of halogens is 3. The zero-order chi connectivity index (χ0) is 15.0. The van der Waals surface area contributed by atoms with Crippen LogP contribution in [0.25, 0.3) is 0 Å². The zero-order valence-electron chi connectivity index (χ0n) is 12.1. The lowest BCUT2D eigenvalue weighted by Crippen LogP contribution is -2.37. The van der Waals surface area contributed by atoms with Gasteiger partial charge in [-0.25, -0.2) is 0 Å². The van der Waals surface area contributed by atoms with Gasteiger partial charge in [-0.15, -0.1) is 0 Å². The van der Waals surface area contributed by atoms with Crippen LogP contribution < -0.4 is 10.2 Å². The van der Waals surface area contributed by atoms with Crippen molar-refractivity contribution < 1.29 is 13.2 Å². The zero-order valence-corrected chi connectivity index (χ0v) is 12.1. The standard InChI is InChI=1S/C15H20F3N3/c1-10-6-14(11(7-19-10)8-20-12-2-3-12)21(13-4-5-13)9-15(16,17)18/h6-7,12-13,20H,2-5,8-9H2,1H3. The summed E-state index contributed by atoms with van der Waals surface area (Å²) in [6.07, 6.45) is 1.53. The molecule has 116 valence electrons. The molecule has 0 amide bonds. The summed E-state index contributed by atoms with van der Waals surface area (Å²) >= 11 is 0. The van der Waals surface area contributed by atoms with Crippen LogP contribution in [0.15, 0.2) is 12.3 Å². The number of nitrogens with one attached hydrogen (secondary N) is 1. The first-order valence-electron chi connectivity index (χ1n) is 7.45. The minimum absolute atomic E-state index is 0.0214. The molecule has 0 saturated heterocycles. The van der Waals surface area contributed by atoms with Crippen LogP contribution in [0.3, 0.4) is 0 Å². The molecule has 1 aromatic rings. The Labute approximate surface area is 122 Å². The fourth-order valence-corrected chi connectivity index (χ4v) is 2.51. The molecule has 1 N–H and O–H groups in total. The third kappa shape index (κ3) is 4.09. The number of aryl methyl sites for hydroxylation is 1. The topological polar surface area (TPSA) is 28.2 Å². The lowest BCUT2D eigenvalue weighted by Gasteiger charge is -2.28. The average molecular weight is 299 g/mol. The highest BCUT2D eigenvalue weighted by atomic mass is 19.4. The van der Waals surface area contributed by atoms with Crippen LogP contribution in [0.5, 0.6) is 0 Å². The van der Waals surface area contributed by atoms with Gasteiger partial charge in [0.15, 0.2) is 0 Å². The van der Waals surface area contributed by atoms with Crippen molar-refractivity contribution >= 4 is 5.69 Å². The Kier molecular flexibility index (Phi) is 3.82. The maximum Gasteiger partial charge on any atom is 0.405 e. The molecule has 2 aliphatic rings. The van der Waals surface area contributed by atoms with Crippen molar-refractivity contribution in [1.82, 2.24) is 10.3 Å². The molecule has 0 atom stereocenters. The molecule has 0 radical (unpaired) electrons. The van der Waals surface area contributed by atoms with E-state index in [0.717, 1.165) is 36.9 Å². The van der Waals surface area contributed by atoms with Crippen LogP contribution >= 0.6 is 0 Å². The summed E-state index contributed by atoms with van der Waals surface area (Å²) in [5, 5.41) is 3.36. The summed E-state index contributed by atoms with van der Waals surface area (Å²) in [6.45, 7) is 1.53. The first-order valence-corrected chi connectivity index (χ1v) is 7.45. The van der Waals surface area contributed by atoms with Gasteiger partial charge in [-0.3, -0.25) is 4.98 Å². The van der Waals surface area contributed by atoms with Gasteiger partial charge < -0.3 is 10.2 Å². The van der Waals surface area contributed by atoms with Gasteiger partial charge in [0.1, 0.15) is 6.54 Å². The molecule has 6 heteroatoms. The summed E-state index contributed by atoms with van der Waals surface area (Å²) in [7, 11) is 0. The van der Waals surface area contributed by atoms with E-state index in [2.05, 4.69) is 10.3 Å². The second kappa shape index (κ2) is 5.48. The minimum Gasteiger partial charge on any atom is -0.359 e. The van der Waals surface area contributed by atoms with Crippen LogP contribution in [-0.4, -0.2) is 29.8 Å². The third-order valence-electron chi connectivity index (χ3n) is 3.90. The Morgan fingerprint density at radius 1 is 1.29 bits per heavy atom. The molecule has 0 unspecified atom stereocenters. The molecule has 1 aromatic heterocycles. The molecule has 0 aliphatic heterocycles. The molecule has 3 rings (SSSR count). The molecular formula is C15H20F3N3. The van der Waals surface area contributed by atoms with E-state index in [0.29, 0.717) is 18.3 Å². The van der Waals surface area contributed by atoms with Crippen LogP contribution in [0.2, 0.25) is 0 Å².